The van der Waals surface area contributed by atoms with Crippen LogP contribution >= 0.6 is 0 Å². The lowest BCUT2D eigenvalue weighted by Gasteiger charge is -2.11. The Hall–Kier alpha value is -6.72. The summed E-state index contributed by atoms with van der Waals surface area (Å²) in [7, 11) is -3.89. The maximum Gasteiger partial charge on any atom is 0.335 e. The van der Waals surface area contributed by atoms with Crippen LogP contribution in [-0.2, 0) is 21.3 Å². The fourth-order valence-electron chi connectivity index (χ4n) is 7.04. The number of fused-ring (bicyclic) bond motifs is 8. The Kier molecular flexibility index (Phi) is 7.31. The van der Waals surface area contributed by atoms with Crippen molar-refractivity contribution in [2.24, 2.45) is 5.14 Å². The van der Waals surface area contributed by atoms with Crippen molar-refractivity contribution in [3.8, 4) is 45.0 Å². The summed E-state index contributed by atoms with van der Waals surface area (Å²) in [5.41, 5.74) is 8.39. The van der Waals surface area contributed by atoms with Crippen molar-refractivity contribution >= 4 is 82.5 Å². The fraction of sp³-hybridized carbons (Fsp3) is 0. The molecule has 0 fully saturated rings. The van der Waals surface area contributed by atoms with Crippen LogP contribution in [0.15, 0.2) is 102 Å². The van der Waals surface area contributed by atoms with Crippen LogP contribution in [0.2, 0.25) is 0 Å². The number of nitrogens with zero attached hydrogens (tertiary/aromatic N) is 4. The molecule has 8 aromatic rings. The first-order valence-corrected chi connectivity index (χ1v) is 18.6. The minimum Gasteiger partial charge on any atom is -0.755 e. The molecule has 5 N–H and O–H groups in total. The van der Waals surface area contributed by atoms with Gasteiger partial charge in [0.25, 0.3) is 0 Å². The Morgan fingerprint density at radius 1 is 0.611 bits per heavy atom. The summed E-state index contributed by atoms with van der Waals surface area (Å²) in [5, 5.41) is 27.1. The summed E-state index contributed by atoms with van der Waals surface area (Å²) in [4.78, 5) is 41.1. The number of benzene rings is 6. The molecular weight excluding hydrogens is 733 g/mol. The van der Waals surface area contributed by atoms with Gasteiger partial charge in [0.05, 0.1) is 60.9 Å². The van der Waals surface area contributed by atoms with Gasteiger partial charge >= 0.3 is 11.9 Å². The van der Waals surface area contributed by atoms with Crippen LogP contribution in [0, 0.1) is 0 Å². The van der Waals surface area contributed by atoms with Crippen molar-refractivity contribution in [1.82, 2.24) is 19.9 Å². The highest BCUT2D eigenvalue weighted by Crippen LogP contribution is 2.48. The van der Waals surface area contributed by atoms with Crippen LogP contribution in [0.3, 0.4) is 0 Å². The van der Waals surface area contributed by atoms with Gasteiger partial charge in [-0.25, -0.2) is 43.1 Å². The average Bonchev–Trinajstić information content (AvgIpc) is 3.61. The van der Waals surface area contributed by atoms with Crippen LogP contribution in [0.5, 0.6) is 0 Å². The SMILES string of the molecule is NS(=O)(=O)c1cc2c3c(cccc3c1)-c1nc3ccc(C(=O)O)cc3nc1-2.O=C(O)c1ccc2nc3c(nc2c1)-c1cccc2cc(NS(=O)[O-])cc-3c12. The standard InChI is InChI=1S/2C19H11N3O4S/c20-27(25,26)11-6-9-2-1-3-12-16(9)13(8-11)18-17(12)21-14-5-4-10(19(23)24)7-15(14)22-18;23-19(24)10-4-5-14-15(7-10)21-17-12-3-1-2-9-6-11(22-27(25)26)8-13(16(9)12)18(17)20-14/h1-8H,(H,23,24)(H2,20,25,26);1-8,22H,(H,23,24)(H,25,26)/p-1. The summed E-state index contributed by atoms with van der Waals surface area (Å²) in [6.07, 6.45) is 0. The Morgan fingerprint density at radius 2 is 1.07 bits per heavy atom. The molecule has 1 unspecified atom stereocenters. The highest BCUT2D eigenvalue weighted by Gasteiger charge is 2.28. The number of nitrogens with one attached hydrogen (secondary N) is 1. The number of hydrogen-bond acceptors (Lipinski definition) is 10. The molecule has 0 saturated heterocycles. The molecule has 14 nitrogen and oxygen atoms in total. The molecule has 0 amide bonds. The lowest BCUT2D eigenvalue weighted by atomic mass is 10.0. The maximum atomic E-state index is 11.9. The van der Waals surface area contributed by atoms with Gasteiger partial charge in [-0.1, -0.05) is 36.4 Å². The number of aromatic nitrogens is 4. The van der Waals surface area contributed by atoms with Crippen molar-refractivity contribution < 1.29 is 37.0 Å². The molecule has 1 atom stereocenters. The average molecular weight is 754 g/mol. The second kappa shape index (κ2) is 11.9. The molecule has 2 aromatic heterocycles. The number of carbonyl (C=O) groups is 2. The highest BCUT2D eigenvalue weighted by atomic mass is 32.2. The minimum absolute atomic E-state index is 0.00353. The van der Waals surface area contributed by atoms with Crippen molar-refractivity contribution in [3.63, 3.8) is 0 Å². The molecule has 10 rings (SSSR count). The van der Waals surface area contributed by atoms with E-state index in [1.54, 1.807) is 24.3 Å². The van der Waals surface area contributed by atoms with Gasteiger partial charge in [0, 0.05) is 50.0 Å². The summed E-state index contributed by atoms with van der Waals surface area (Å²) >= 11 is -2.43. The second-order valence-corrected chi connectivity index (χ2v) is 14.8. The van der Waals surface area contributed by atoms with Gasteiger partial charge in [0.1, 0.15) is 0 Å². The van der Waals surface area contributed by atoms with Gasteiger partial charge in [-0.05, 0) is 71.4 Å². The Balaban J connectivity index is 0.000000142. The predicted molar refractivity (Wildman–Crippen MR) is 201 cm³/mol. The molecule has 2 heterocycles. The second-order valence-electron chi connectivity index (χ2n) is 12.5. The third kappa shape index (κ3) is 5.31. The van der Waals surface area contributed by atoms with Crippen molar-refractivity contribution in [2.75, 3.05) is 4.72 Å². The van der Waals surface area contributed by atoms with E-state index >= 15 is 0 Å². The number of aromatic carboxylic acids is 2. The number of rotatable bonds is 5. The van der Waals surface area contributed by atoms with Crippen molar-refractivity contribution in [1.29, 1.82) is 0 Å². The van der Waals surface area contributed by atoms with E-state index in [1.165, 1.54) is 36.4 Å². The molecule has 16 heteroatoms. The molecule has 6 aromatic carbocycles. The summed E-state index contributed by atoms with van der Waals surface area (Å²) in [6, 6.07) is 26.9. The number of hydrogen-bond donors (Lipinski definition) is 4. The monoisotopic (exact) mass is 753 g/mol. The van der Waals surface area contributed by atoms with Gasteiger partial charge in [0.2, 0.25) is 10.0 Å². The zero-order valence-electron chi connectivity index (χ0n) is 27.3. The predicted octanol–water partition coefficient (Wildman–Crippen LogP) is 6.11. The van der Waals surface area contributed by atoms with Crippen LogP contribution in [-0.4, -0.2) is 59.3 Å². The first kappa shape index (κ1) is 33.1. The zero-order chi connectivity index (χ0) is 37.6. The summed E-state index contributed by atoms with van der Waals surface area (Å²) in [5.74, 6) is -2.08. The molecule has 0 radical (unpaired) electrons. The third-order valence-electron chi connectivity index (χ3n) is 9.30. The Labute approximate surface area is 306 Å². The van der Waals surface area contributed by atoms with Gasteiger partial charge in [-0.3, -0.25) is 4.21 Å². The lowest BCUT2D eigenvalue weighted by molar-refractivity contribution is 0.0686. The number of anilines is 1. The maximum absolute atomic E-state index is 11.9. The van der Waals surface area contributed by atoms with E-state index in [9.17, 15) is 37.0 Å². The molecule has 0 spiro atoms. The topological polar surface area (TPSA) is 238 Å². The number of carboxylic acid groups (broad SMARTS) is 2. The van der Waals surface area contributed by atoms with Crippen LogP contribution in [0.1, 0.15) is 20.7 Å². The van der Waals surface area contributed by atoms with Gasteiger partial charge < -0.3 is 19.5 Å². The van der Waals surface area contributed by atoms with E-state index in [1.807, 2.05) is 36.4 Å². The Bertz CT molecular complexity index is 3170. The van der Waals surface area contributed by atoms with E-state index in [0.717, 1.165) is 38.2 Å². The van der Waals surface area contributed by atoms with E-state index in [-0.39, 0.29) is 16.0 Å². The minimum atomic E-state index is -3.89. The molecule has 2 aliphatic rings. The fourth-order valence-corrected chi connectivity index (χ4v) is 7.93. The van der Waals surface area contributed by atoms with E-state index < -0.39 is 33.2 Å². The molecular formula is C38H21N6O8S2-. The number of sulfonamides is 1. The van der Waals surface area contributed by atoms with Gasteiger partial charge in [-0.2, -0.15) is 0 Å². The number of nitrogens with two attached hydrogens (primary N) is 1. The molecule has 54 heavy (non-hydrogen) atoms. The number of primary sulfonamides is 1. The lowest BCUT2D eigenvalue weighted by Crippen LogP contribution is -2.12. The normalized spacial score (nSPS) is 12.7. The van der Waals surface area contributed by atoms with Crippen LogP contribution in [0.4, 0.5) is 5.69 Å². The number of carboxylic acids is 2. The first-order valence-electron chi connectivity index (χ1n) is 16.0. The Morgan fingerprint density at radius 3 is 1.56 bits per heavy atom. The highest BCUT2D eigenvalue weighted by molar-refractivity contribution is 7.89. The largest absolute Gasteiger partial charge is 0.755 e. The van der Waals surface area contributed by atoms with Gasteiger partial charge in [0.15, 0.2) is 0 Å². The van der Waals surface area contributed by atoms with Crippen molar-refractivity contribution in [2.45, 2.75) is 4.90 Å². The van der Waals surface area contributed by atoms with E-state index in [0.29, 0.717) is 56.1 Å². The smallest absolute Gasteiger partial charge is 0.335 e. The van der Waals surface area contributed by atoms with Crippen molar-refractivity contribution in [3.05, 3.63) is 108 Å². The van der Waals surface area contributed by atoms with Gasteiger partial charge in [-0.15, -0.1) is 0 Å². The van der Waals surface area contributed by atoms with Crippen LogP contribution < -0.4 is 9.86 Å². The first-order chi connectivity index (χ1) is 25.8. The summed E-state index contributed by atoms with van der Waals surface area (Å²) < 4.78 is 48.2. The zero-order valence-corrected chi connectivity index (χ0v) is 28.9. The van der Waals surface area contributed by atoms with E-state index in [2.05, 4.69) is 24.7 Å². The molecule has 2 aliphatic carbocycles. The molecule has 0 bridgehead atoms. The molecule has 264 valence electrons. The quantitative estimate of drug-likeness (QED) is 0.146. The third-order valence-corrected chi connectivity index (χ3v) is 10.6. The van der Waals surface area contributed by atoms with Crippen LogP contribution in [0.25, 0.3) is 88.6 Å². The molecule has 0 aliphatic heterocycles. The van der Waals surface area contributed by atoms with E-state index in [4.69, 9.17) is 5.14 Å². The molecule has 0 saturated carbocycles. The summed E-state index contributed by atoms with van der Waals surface area (Å²) in [6.45, 7) is 0.